The number of rotatable bonds is 5. The number of anilines is 2. The Morgan fingerprint density at radius 3 is 2.80 bits per heavy atom. The van der Waals surface area contributed by atoms with Gasteiger partial charge in [0.2, 0.25) is 5.88 Å². The first-order valence-corrected chi connectivity index (χ1v) is 10.9. The number of halogens is 3. The molecule has 0 saturated carbocycles. The zero-order valence-corrected chi connectivity index (χ0v) is 18.8. The molecule has 0 radical (unpaired) electrons. The molecule has 1 saturated heterocycles. The van der Waals surface area contributed by atoms with Crippen LogP contribution in [-0.4, -0.2) is 62.7 Å². The quantitative estimate of drug-likeness (QED) is 0.525. The number of ether oxygens (including phenoxy) is 1. The molecule has 1 fully saturated rings. The maximum absolute atomic E-state index is 14.5. The average molecular weight is 486 g/mol. The Labute approximate surface area is 198 Å². The van der Waals surface area contributed by atoms with Gasteiger partial charge < -0.3 is 20.1 Å². The minimum atomic E-state index is -2.73. The second kappa shape index (κ2) is 8.36. The van der Waals surface area contributed by atoms with Crippen molar-refractivity contribution in [2.45, 2.75) is 38.3 Å². The van der Waals surface area contributed by atoms with E-state index in [1.165, 1.54) is 23.1 Å². The lowest BCUT2D eigenvalue weighted by Crippen LogP contribution is -2.57. The Morgan fingerprint density at radius 1 is 1.26 bits per heavy atom. The number of aldehydes is 1. The van der Waals surface area contributed by atoms with Crippen molar-refractivity contribution in [1.29, 1.82) is 0 Å². The highest BCUT2D eigenvalue weighted by molar-refractivity contribution is 5.78. The second-order valence-electron chi connectivity index (χ2n) is 8.61. The van der Waals surface area contributed by atoms with Crippen LogP contribution < -0.4 is 15.0 Å². The van der Waals surface area contributed by atoms with E-state index in [4.69, 9.17) is 4.74 Å². The summed E-state index contributed by atoms with van der Waals surface area (Å²) in [4.78, 5) is 21.1. The standard InChI is InChI=1S/C23H21F3N6O3/c1-11-17(9-33)28-12(2)21(29-11)35-13-7-23(22(25)26)10-27-20-18(32(23)8-13)6-16(30-31-20)14-4-3-5-15(24)19(14)34/h3-6,9,13,22,34H,7-8,10H2,1-2H3,(H,27,31). The third kappa shape index (κ3) is 3.69. The molecule has 0 spiro atoms. The first-order chi connectivity index (χ1) is 16.7. The minimum Gasteiger partial charge on any atom is -0.504 e. The van der Waals surface area contributed by atoms with Crippen molar-refractivity contribution >= 4 is 17.8 Å². The Kier molecular flexibility index (Phi) is 5.45. The number of alkyl halides is 2. The molecule has 2 N–H and O–H groups in total. The van der Waals surface area contributed by atoms with E-state index in [0.29, 0.717) is 29.2 Å². The van der Waals surface area contributed by atoms with Gasteiger partial charge in [-0.1, -0.05) is 6.07 Å². The molecule has 2 aliphatic heterocycles. The van der Waals surface area contributed by atoms with E-state index in [-0.39, 0.29) is 42.3 Å². The Hall–Kier alpha value is -3.96. The van der Waals surface area contributed by atoms with Gasteiger partial charge in [-0.05, 0) is 32.0 Å². The summed E-state index contributed by atoms with van der Waals surface area (Å²) in [5.41, 5.74) is -0.0834. The van der Waals surface area contributed by atoms with E-state index in [2.05, 4.69) is 25.5 Å². The van der Waals surface area contributed by atoms with Crippen LogP contribution in [0.15, 0.2) is 24.3 Å². The Morgan fingerprint density at radius 2 is 2.06 bits per heavy atom. The summed E-state index contributed by atoms with van der Waals surface area (Å²) in [6, 6.07) is 5.48. The van der Waals surface area contributed by atoms with Crippen LogP contribution in [0.5, 0.6) is 11.6 Å². The van der Waals surface area contributed by atoms with Gasteiger partial charge in [-0.25, -0.2) is 23.1 Å². The highest BCUT2D eigenvalue weighted by Crippen LogP contribution is 2.46. The first-order valence-electron chi connectivity index (χ1n) is 10.9. The summed E-state index contributed by atoms with van der Waals surface area (Å²) in [7, 11) is 0. The molecule has 0 aliphatic carbocycles. The highest BCUT2D eigenvalue weighted by Gasteiger charge is 2.56. The number of hydrogen-bond acceptors (Lipinski definition) is 9. The zero-order chi connectivity index (χ0) is 24.9. The minimum absolute atomic E-state index is 0.0183. The average Bonchev–Trinajstić information content (AvgIpc) is 3.23. The number of phenols is 1. The summed E-state index contributed by atoms with van der Waals surface area (Å²) in [6.07, 6.45) is -2.82. The molecule has 9 nitrogen and oxygen atoms in total. The number of nitrogens with zero attached hydrogens (tertiary/aromatic N) is 5. The molecule has 35 heavy (non-hydrogen) atoms. The molecule has 3 aromatic rings. The van der Waals surface area contributed by atoms with E-state index < -0.39 is 29.6 Å². The number of hydrogen-bond donors (Lipinski definition) is 2. The molecular formula is C23H21F3N6O3. The van der Waals surface area contributed by atoms with Gasteiger partial charge in [-0.3, -0.25) is 4.79 Å². The number of nitrogens with one attached hydrogen (secondary N) is 1. The number of fused-ring (bicyclic) bond motifs is 3. The number of phenolic OH excluding ortho intramolecular Hbond substituents is 1. The van der Waals surface area contributed by atoms with Crippen LogP contribution in [0.2, 0.25) is 0 Å². The molecule has 4 heterocycles. The zero-order valence-electron chi connectivity index (χ0n) is 18.8. The maximum Gasteiger partial charge on any atom is 0.263 e. The number of aromatic nitrogens is 4. The fourth-order valence-corrected chi connectivity index (χ4v) is 4.61. The molecule has 2 aliphatic rings. The van der Waals surface area contributed by atoms with Crippen LogP contribution in [0.25, 0.3) is 11.3 Å². The molecule has 2 aromatic heterocycles. The Bertz CT molecular complexity index is 1320. The SMILES string of the molecule is Cc1nc(OC2CN3c4cc(-c5cccc(F)c5O)nnc4NCC3(C(F)F)C2)c(C)nc1C=O. The van der Waals surface area contributed by atoms with Crippen LogP contribution in [0, 0.1) is 19.7 Å². The Balaban J connectivity index is 1.51. The molecule has 5 rings (SSSR count). The van der Waals surface area contributed by atoms with E-state index >= 15 is 0 Å². The van der Waals surface area contributed by atoms with Gasteiger partial charge >= 0.3 is 0 Å². The number of carbonyl (C=O) groups is 1. The lowest BCUT2D eigenvalue weighted by molar-refractivity contribution is 0.0527. The second-order valence-corrected chi connectivity index (χ2v) is 8.61. The van der Waals surface area contributed by atoms with Gasteiger partial charge in [-0.15, -0.1) is 10.2 Å². The molecule has 0 amide bonds. The molecule has 182 valence electrons. The van der Waals surface area contributed by atoms with Gasteiger partial charge in [0.05, 0.1) is 23.6 Å². The predicted octanol–water partition coefficient (Wildman–Crippen LogP) is 3.29. The van der Waals surface area contributed by atoms with Crippen molar-refractivity contribution in [1.82, 2.24) is 20.2 Å². The van der Waals surface area contributed by atoms with E-state index in [0.717, 1.165) is 6.07 Å². The van der Waals surface area contributed by atoms with E-state index in [9.17, 15) is 23.1 Å². The molecule has 2 unspecified atom stereocenters. The topological polar surface area (TPSA) is 113 Å². The van der Waals surface area contributed by atoms with Crippen LogP contribution >= 0.6 is 0 Å². The van der Waals surface area contributed by atoms with Crippen molar-refractivity contribution in [3.63, 3.8) is 0 Å². The summed E-state index contributed by atoms with van der Waals surface area (Å²) in [5.74, 6) is -0.960. The van der Waals surface area contributed by atoms with Gasteiger partial charge in [0.1, 0.15) is 23.0 Å². The van der Waals surface area contributed by atoms with Gasteiger partial charge in [-0.2, -0.15) is 0 Å². The lowest BCUT2D eigenvalue weighted by Gasteiger charge is -2.43. The van der Waals surface area contributed by atoms with Crippen molar-refractivity contribution in [3.05, 3.63) is 47.2 Å². The number of aromatic hydroxyl groups is 1. The van der Waals surface area contributed by atoms with Crippen molar-refractivity contribution < 1.29 is 27.8 Å². The summed E-state index contributed by atoms with van der Waals surface area (Å²) in [5, 5.41) is 21.2. The first kappa shape index (κ1) is 22.8. The molecule has 0 bridgehead atoms. The van der Waals surface area contributed by atoms with Crippen molar-refractivity contribution in [3.8, 4) is 22.9 Å². The maximum atomic E-state index is 14.5. The summed E-state index contributed by atoms with van der Waals surface area (Å²) in [6.45, 7) is 3.24. The molecule has 2 atom stereocenters. The number of aryl methyl sites for hydroxylation is 2. The highest BCUT2D eigenvalue weighted by atomic mass is 19.3. The lowest BCUT2D eigenvalue weighted by atomic mass is 9.93. The summed E-state index contributed by atoms with van der Waals surface area (Å²) < 4.78 is 48.9. The molecule has 1 aromatic carbocycles. The van der Waals surface area contributed by atoms with E-state index in [1.807, 2.05) is 0 Å². The van der Waals surface area contributed by atoms with Crippen LogP contribution in [0.3, 0.4) is 0 Å². The molecular weight excluding hydrogens is 465 g/mol. The third-order valence-corrected chi connectivity index (χ3v) is 6.43. The van der Waals surface area contributed by atoms with Crippen LogP contribution in [0.4, 0.5) is 24.7 Å². The van der Waals surface area contributed by atoms with Gasteiger partial charge in [0.25, 0.3) is 6.43 Å². The van der Waals surface area contributed by atoms with Gasteiger partial charge in [0.15, 0.2) is 23.7 Å². The smallest absolute Gasteiger partial charge is 0.263 e. The molecule has 12 heteroatoms. The fourth-order valence-electron chi connectivity index (χ4n) is 4.61. The van der Waals surface area contributed by atoms with Crippen molar-refractivity contribution in [2.24, 2.45) is 0 Å². The fraction of sp³-hybridized carbons (Fsp3) is 0.348. The van der Waals surface area contributed by atoms with Crippen LogP contribution in [-0.2, 0) is 0 Å². The predicted molar refractivity (Wildman–Crippen MR) is 120 cm³/mol. The normalized spacial score (nSPS) is 20.9. The van der Waals surface area contributed by atoms with E-state index in [1.54, 1.807) is 13.8 Å². The monoisotopic (exact) mass is 486 g/mol. The van der Waals surface area contributed by atoms with Crippen molar-refractivity contribution in [2.75, 3.05) is 23.3 Å². The number of carbonyl (C=O) groups excluding carboxylic acids is 1. The number of benzene rings is 1. The third-order valence-electron chi connectivity index (χ3n) is 6.43. The van der Waals surface area contributed by atoms with Gasteiger partial charge in [0, 0.05) is 18.5 Å². The largest absolute Gasteiger partial charge is 0.504 e. The van der Waals surface area contributed by atoms with Crippen LogP contribution in [0.1, 0.15) is 28.3 Å². The number of para-hydroxylation sites is 1. The summed E-state index contributed by atoms with van der Waals surface area (Å²) >= 11 is 0.